The quantitative estimate of drug-likeness (QED) is 0.256. The van der Waals surface area contributed by atoms with E-state index in [0.717, 1.165) is 23.1 Å². The minimum absolute atomic E-state index is 0.0146. The number of hydrogen-bond acceptors (Lipinski definition) is 7. The molecule has 10 nitrogen and oxygen atoms in total. The Kier molecular flexibility index (Phi) is 5.83. The van der Waals surface area contributed by atoms with Gasteiger partial charge >= 0.3 is 11.7 Å². The Morgan fingerprint density at radius 2 is 1.65 bits per heavy atom. The molecule has 11 heteroatoms. The van der Waals surface area contributed by atoms with Gasteiger partial charge in [0.05, 0.1) is 27.3 Å². The van der Waals surface area contributed by atoms with Gasteiger partial charge < -0.3 is 10.1 Å². The normalized spacial score (nSPS) is 12.3. The van der Waals surface area contributed by atoms with Crippen LogP contribution in [0.15, 0.2) is 66.7 Å². The lowest BCUT2D eigenvalue weighted by atomic mass is 10.1. The second-order valence-corrected chi connectivity index (χ2v) is 7.09. The standard InChI is InChI=1S/C23H14FN3O7/c24-18-9-8-14(11-19(18)27(32)33)25-20(28)12-34-23(31)13-4-3-5-15(10-13)26-21(29)16-6-1-2-7-17(16)22(26)30/h1-11H,12H2,(H,25,28). The van der Waals surface area contributed by atoms with E-state index in [4.69, 9.17) is 4.74 Å². The Bertz CT molecular complexity index is 1340. The number of nitro groups is 1. The average Bonchev–Trinajstić information content (AvgIpc) is 3.08. The Labute approximate surface area is 190 Å². The summed E-state index contributed by atoms with van der Waals surface area (Å²) in [6, 6.07) is 14.7. The Hall–Kier alpha value is -4.93. The van der Waals surface area contributed by atoms with Crippen LogP contribution in [-0.4, -0.2) is 35.2 Å². The lowest BCUT2D eigenvalue weighted by Crippen LogP contribution is -2.29. The molecule has 0 unspecified atom stereocenters. The molecule has 4 rings (SSSR count). The van der Waals surface area contributed by atoms with Crippen molar-refractivity contribution in [3.63, 3.8) is 0 Å². The number of hydrogen-bond donors (Lipinski definition) is 1. The Morgan fingerprint density at radius 3 is 2.29 bits per heavy atom. The van der Waals surface area contributed by atoms with E-state index in [1.165, 1.54) is 36.4 Å². The summed E-state index contributed by atoms with van der Waals surface area (Å²) >= 11 is 0. The van der Waals surface area contributed by atoms with Crippen molar-refractivity contribution >= 4 is 40.8 Å². The first-order valence-electron chi connectivity index (χ1n) is 9.75. The predicted molar refractivity (Wildman–Crippen MR) is 116 cm³/mol. The van der Waals surface area contributed by atoms with Gasteiger partial charge in [-0.05, 0) is 42.5 Å². The first-order chi connectivity index (χ1) is 16.3. The van der Waals surface area contributed by atoms with E-state index in [2.05, 4.69) is 5.32 Å². The molecule has 170 valence electrons. The molecular weight excluding hydrogens is 449 g/mol. The molecule has 0 aromatic heterocycles. The molecule has 3 amide bonds. The highest BCUT2D eigenvalue weighted by Crippen LogP contribution is 2.29. The van der Waals surface area contributed by atoms with Crippen LogP contribution in [0.3, 0.4) is 0 Å². The number of anilines is 2. The number of imide groups is 1. The van der Waals surface area contributed by atoms with Crippen LogP contribution in [-0.2, 0) is 9.53 Å². The number of carbonyl (C=O) groups excluding carboxylic acids is 4. The molecule has 34 heavy (non-hydrogen) atoms. The van der Waals surface area contributed by atoms with E-state index in [-0.39, 0.29) is 28.1 Å². The summed E-state index contributed by atoms with van der Waals surface area (Å²) < 4.78 is 18.3. The van der Waals surface area contributed by atoms with Gasteiger partial charge in [-0.15, -0.1) is 0 Å². The number of esters is 1. The summed E-state index contributed by atoms with van der Waals surface area (Å²) in [6.45, 7) is -0.735. The van der Waals surface area contributed by atoms with Gasteiger partial charge in [-0.2, -0.15) is 4.39 Å². The maximum absolute atomic E-state index is 13.4. The fraction of sp³-hybridized carbons (Fsp3) is 0.0435. The summed E-state index contributed by atoms with van der Waals surface area (Å²) in [5.74, 6) is -3.84. The van der Waals surface area contributed by atoms with E-state index >= 15 is 0 Å². The van der Waals surface area contributed by atoms with Crippen LogP contribution in [0, 0.1) is 15.9 Å². The van der Waals surface area contributed by atoms with E-state index < -0.39 is 46.7 Å². The van der Waals surface area contributed by atoms with Crippen LogP contribution in [0.2, 0.25) is 0 Å². The van der Waals surface area contributed by atoms with Crippen LogP contribution in [0.4, 0.5) is 21.5 Å². The third kappa shape index (κ3) is 4.21. The summed E-state index contributed by atoms with van der Waals surface area (Å²) in [4.78, 5) is 60.5. The summed E-state index contributed by atoms with van der Waals surface area (Å²) in [5.41, 5.74) is -0.235. The van der Waals surface area contributed by atoms with Crippen molar-refractivity contribution in [1.82, 2.24) is 0 Å². The van der Waals surface area contributed by atoms with Crippen molar-refractivity contribution in [2.24, 2.45) is 0 Å². The number of rotatable bonds is 6. The maximum Gasteiger partial charge on any atom is 0.338 e. The molecule has 1 heterocycles. The zero-order chi connectivity index (χ0) is 24.4. The number of ether oxygens (including phenoxy) is 1. The van der Waals surface area contributed by atoms with Gasteiger partial charge in [0.2, 0.25) is 5.82 Å². The monoisotopic (exact) mass is 463 g/mol. The van der Waals surface area contributed by atoms with Gasteiger partial charge in [0.1, 0.15) is 0 Å². The lowest BCUT2D eigenvalue weighted by molar-refractivity contribution is -0.387. The number of nitro benzene ring substituents is 1. The zero-order valence-electron chi connectivity index (χ0n) is 17.2. The molecule has 0 bridgehead atoms. The molecule has 0 saturated carbocycles. The first-order valence-corrected chi connectivity index (χ1v) is 9.75. The van der Waals surface area contributed by atoms with Crippen LogP contribution in [0.25, 0.3) is 0 Å². The highest BCUT2D eigenvalue weighted by atomic mass is 19.1. The van der Waals surface area contributed by atoms with Gasteiger partial charge in [-0.25, -0.2) is 9.69 Å². The summed E-state index contributed by atoms with van der Waals surface area (Å²) in [6.07, 6.45) is 0. The molecule has 1 N–H and O–H groups in total. The number of carbonyl (C=O) groups is 4. The molecule has 3 aromatic carbocycles. The number of amides is 3. The summed E-state index contributed by atoms with van der Waals surface area (Å²) in [5, 5.41) is 13.1. The molecule has 0 spiro atoms. The molecule has 1 aliphatic rings. The van der Waals surface area contributed by atoms with Crippen LogP contribution in [0.5, 0.6) is 0 Å². The van der Waals surface area contributed by atoms with E-state index in [9.17, 15) is 33.7 Å². The molecule has 0 saturated heterocycles. The van der Waals surface area contributed by atoms with Crippen molar-refractivity contribution in [3.8, 4) is 0 Å². The molecule has 0 aliphatic carbocycles. The maximum atomic E-state index is 13.4. The van der Waals surface area contributed by atoms with Crippen LogP contribution in [0.1, 0.15) is 31.1 Å². The fourth-order valence-corrected chi connectivity index (χ4v) is 3.34. The van der Waals surface area contributed by atoms with Gasteiger partial charge in [0.25, 0.3) is 17.7 Å². The van der Waals surface area contributed by atoms with Gasteiger partial charge in [0.15, 0.2) is 6.61 Å². The van der Waals surface area contributed by atoms with E-state index in [1.54, 1.807) is 12.1 Å². The molecule has 0 radical (unpaired) electrons. The van der Waals surface area contributed by atoms with Crippen molar-refractivity contribution < 1.29 is 33.2 Å². The topological polar surface area (TPSA) is 136 Å². The number of halogens is 1. The average molecular weight is 463 g/mol. The van der Waals surface area contributed by atoms with Crippen molar-refractivity contribution in [2.45, 2.75) is 0 Å². The largest absolute Gasteiger partial charge is 0.452 e. The van der Waals surface area contributed by atoms with E-state index in [1.807, 2.05) is 0 Å². The lowest BCUT2D eigenvalue weighted by Gasteiger charge is -2.14. The molecular formula is C23H14FN3O7. The number of benzene rings is 3. The van der Waals surface area contributed by atoms with Crippen molar-refractivity contribution in [3.05, 3.63) is 99.4 Å². The third-order valence-electron chi connectivity index (χ3n) is 4.90. The van der Waals surface area contributed by atoms with Crippen molar-refractivity contribution in [2.75, 3.05) is 16.8 Å². The number of nitrogens with one attached hydrogen (secondary N) is 1. The Balaban J connectivity index is 1.42. The second-order valence-electron chi connectivity index (χ2n) is 7.09. The first kappa shape index (κ1) is 22.3. The summed E-state index contributed by atoms with van der Waals surface area (Å²) in [7, 11) is 0. The number of nitrogens with zero attached hydrogens (tertiary/aromatic N) is 2. The van der Waals surface area contributed by atoms with Crippen molar-refractivity contribution in [1.29, 1.82) is 0 Å². The highest BCUT2D eigenvalue weighted by molar-refractivity contribution is 6.34. The third-order valence-corrected chi connectivity index (χ3v) is 4.90. The zero-order valence-corrected chi connectivity index (χ0v) is 17.2. The van der Waals surface area contributed by atoms with Crippen LogP contribution >= 0.6 is 0 Å². The molecule has 3 aromatic rings. The second kappa shape index (κ2) is 8.90. The predicted octanol–water partition coefficient (Wildman–Crippen LogP) is 3.33. The smallest absolute Gasteiger partial charge is 0.338 e. The fourth-order valence-electron chi connectivity index (χ4n) is 3.34. The molecule has 0 fully saturated rings. The van der Waals surface area contributed by atoms with Crippen LogP contribution < -0.4 is 10.2 Å². The molecule has 1 aliphatic heterocycles. The molecule has 0 atom stereocenters. The van der Waals surface area contributed by atoms with E-state index in [0.29, 0.717) is 0 Å². The minimum Gasteiger partial charge on any atom is -0.452 e. The Morgan fingerprint density at radius 1 is 0.971 bits per heavy atom. The minimum atomic E-state index is -1.06. The SMILES string of the molecule is O=C(COC(=O)c1cccc(N2C(=O)c3ccccc3C2=O)c1)Nc1ccc(F)c([N+](=O)[O-])c1. The van der Waals surface area contributed by atoms with Gasteiger partial charge in [0, 0.05) is 11.8 Å². The van der Waals surface area contributed by atoms with Gasteiger partial charge in [-0.3, -0.25) is 24.5 Å². The highest BCUT2D eigenvalue weighted by Gasteiger charge is 2.36. The van der Waals surface area contributed by atoms with Gasteiger partial charge in [-0.1, -0.05) is 18.2 Å². The number of fused-ring (bicyclic) bond motifs is 1.